The quantitative estimate of drug-likeness (QED) is 0.864. The Morgan fingerprint density at radius 1 is 1.11 bits per heavy atom. The standard InChI is InChI=1S/C12H11N3O3/c1-8(16)14-9-2-4-10(5-3-9)15-12(17)11-6-13-7-18-11/h2-7H,1H3,(H,14,16)(H,15,17). The van der Waals surface area contributed by atoms with Gasteiger partial charge in [-0.2, -0.15) is 0 Å². The number of benzene rings is 1. The van der Waals surface area contributed by atoms with Crippen LogP contribution in [-0.2, 0) is 4.79 Å². The van der Waals surface area contributed by atoms with Gasteiger partial charge >= 0.3 is 0 Å². The maximum Gasteiger partial charge on any atom is 0.293 e. The van der Waals surface area contributed by atoms with Crippen molar-refractivity contribution in [2.75, 3.05) is 10.6 Å². The van der Waals surface area contributed by atoms with Gasteiger partial charge in [0.05, 0.1) is 6.20 Å². The van der Waals surface area contributed by atoms with Crippen molar-refractivity contribution in [2.24, 2.45) is 0 Å². The summed E-state index contributed by atoms with van der Waals surface area (Å²) in [5, 5.41) is 5.27. The summed E-state index contributed by atoms with van der Waals surface area (Å²) in [5.41, 5.74) is 1.27. The number of rotatable bonds is 3. The van der Waals surface area contributed by atoms with E-state index >= 15 is 0 Å². The predicted octanol–water partition coefficient (Wildman–Crippen LogP) is 1.89. The van der Waals surface area contributed by atoms with Crippen LogP contribution in [0.3, 0.4) is 0 Å². The smallest absolute Gasteiger partial charge is 0.293 e. The number of amides is 2. The van der Waals surface area contributed by atoms with E-state index in [1.165, 1.54) is 19.5 Å². The zero-order chi connectivity index (χ0) is 13.0. The van der Waals surface area contributed by atoms with Crippen molar-refractivity contribution in [2.45, 2.75) is 6.92 Å². The highest BCUT2D eigenvalue weighted by Crippen LogP contribution is 2.14. The molecule has 1 aromatic carbocycles. The Morgan fingerprint density at radius 3 is 2.22 bits per heavy atom. The van der Waals surface area contributed by atoms with Gasteiger partial charge in [0.15, 0.2) is 6.39 Å². The van der Waals surface area contributed by atoms with Crippen LogP contribution in [0.4, 0.5) is 11.4 Å². The summed E-state index contributed by atoms with van der Waals surface area (Å²) >= 11 is 0. The number of aromatic nitrogens is 1. The first-order chi connectivity index (χ1) is 8.65. The van der Waals surface area contributed by atoms with Crippen molar-refractivity contribution in [3.05, 3.63) is 42.6 Å². The molecule has 0 fully saturated rings. The van der Waals surface area contributed by atoms with Crippen LogP contribution in [0.2, 0.25) is 0 Å². The third kappa shape index (κ3) is 2.94. The summed E-state index contributed by atoms with van der Waals surface area (Å²) in [5.74, 6) is -0.380. The van der Waals surface area contributed by atoms with Gasteiger partial charge in [0.1, 0.15) is 0 Å². The van der Waals surface area contributed by atoms with Crippen LogP contribution in [0.5, 0.6) is 0 Å². The molecular formula is C12H11N3O3. The molecule has 0 bridgehead atoms. The van der Waals surface area contributed by atoms with Gasteiger partial charge in [-0.15, -0.1) is 0 Å². The van der Waals surface area contributed by atoms with Gasteiger partial charge in [-0.25, -0.2) is 4.98 Å². The topological polar surface area (TPSA) is 84.2 Å². The zero-order valence-corrected chi connectivity index (χ0v) is 9.64. The average Bonchev–Trinajstić information content (AvgIpc) is 2.84. The Labute approximate surface area is 103 Å². The van der Waals surface area contributed by atoms with Gasteiger partial charge in [0, 0.05) is 18.3 Å². The molecule has 2 N–H and O–H groups in total. The molecule has 0 saturated carbocycles. The van der Waals surface area contributed by atoms with Gasteiger partial charge in [-0.05, 0) is 24.3 Å². The number of hydrogen-bond donors (Lipinski definition) is 2. The van der Waals surface area contributed by atoms with E-state index in [2.05, 4.69) is 15.6 Å². The molecule has 0 aliphatic heterocycles. The highest BCUT2D eigenvalue weighted by atomic mass is 16.3. The molecular weight excluding hydrogens is 234 g/mol. The first-order valence-electron chi connectivity index (χ1n) is 5.22. The molecule has 2 aromatic rings. The van der Waals surface area contributed by atoms with Crippen LogP contribution in [0.1, 0.15) is 17.5 Å². The molecule has 0 saturated heterocycles. The maximum absolute atomic E-state index is 11.6. The van der Waals surface area contributed by atoms with E-state index in [9.17, 15) is 9.59 Å². The monoisotopic (exact) mass is 245 g/mol. The molecule has 2 rings (SSSR count). The Hall–Kier alpha value is -2.63. The number of nitrogens with zero attached hydrogens (tertiary/aromatic N) is 1. The lowest BCUT2D eigenvalue weighted by Gasteiger charge is -2.05. The highest BCUT2D eigenvalue weighted by Gasteiger charge is 2.09. The Kier molecular flexibility index (Phi) is 3.38. The molecule has 0 aliphatic rings. The fourth-order valence-electron chi connectivity index (χ4n) is 1.36. The van der Waals surface area contributed by atoms with Gasteiger partial charge in [0.25, 0.3) is 5.91 Å². The van der Waals surface area contributed by atoms with E-state index < -0.39 is 0 Å². The van der Waals surface area contributed by atoms with E-state index in [1.807, 2.05) is 0 Å². The largest absolute Gasteiger partial charge is 0.438 e. The Morgan fingerprint density at radius 2 is 1.72 bits per heavy atom. The lowest BCUT2D eigenvalue weighted by Crippen LogP contribution is -2.11. The first kappa shape index (κ1) is 11.8. The average molecular weight is 245 g/mol. The van der Waals surface area contributed by atoms with E-state index in [1.54, 1.807) is 24.3 Å². The molecule has 2 amide bonds. The van der Waals surface area contributed by atoms with Gasteiger partial charge in [0.2, 0.25) is 11.7 Å². The third-order valence-corrected chi connectivity index (χ3v) is 2.12. The molecule has 0 radical (unpaired) electrons. The molecule has 1 heterocycles. The molecule has 0 atom stereocenters. The van der Waals surface area contributed by atoms with Crippen molar-refractivity contribution in [1.82, 2.24) is 4.98 Å². The highest BCUT2D eigenvalue weighted by molar-refractivity contribution is 6.02. The van der Waals surface area contributed by atoms with Crippen molar-refractivity contribution in [1.29, 1.82) is 0 Å². The molecule has 18 heavy (non-hydrogen) atoms. The predicted molar refractivity (Wildman–Crippen MR) is 65.2 cm³/mol. The van der Waals surface area contributed by atoms with Crippen molar-refractivity contribution in [3.63, 3.8) is 0 Å². The Bertz CT molecular complexity index is 546. The lowest BCUT2D eigenvalue weighted by atomic mass is 10.2. The minimum Gasteiger partial charge on any atom is -0.438 e. The summed E-state index contributed by atoms with van der Waals surface area (Å²) in [7, 11) is 0. The van der Waals surface area contributed by atoms with E-state index in [0.717, 1.165) is 0 Å². The number of nitrogens with one attached hydrogen (secondary N) is 2. The molecule has 92 valence electrons. The number of hydrogen-bond acceptors (Lipinski definition) is 4. The van der Waals surface area contributed by atoms with Crippen LogP contribution in [0, 0.1) is 0 Å². The zero-order valence-electron chi connectivity index (χ0n) is 9.64. The summed E-state index contributed by atoms with van der Waals surface area (Å²) in [6.45, 7) is 1.43. The SMILES string of the molecule is CC(=O)Nc1ccc(NC(=O)c2cnco2)cc1. The summed E-state index contributed by atoms with van der Waals surface area (Å²) < 4.78 is 4.86. The summed E-state index contributed by atoms with van der Waals surface area (Å²) in [4.78, 5) is 26.1. The molecule has 1 aromatic heterocycles. The fourth-order valence-corrected chi connectivity index (χ4v) is 1.36. The normalized spacial score (nSPS) is 9.83. The molecule has 6 nitrogen and oxygen atoms in total. The fraction of sp³-hybridized carbons (Fsp3) is 0.0833. The second kappa shape index (κ2) is 5.13. The minimum atomic E-state index is -0.375. The van der Waals surface area contributed by atoms with Crippen molar-refractivity contribution in [3.8, 4) is 0 Å². The van der Waals surface area contributed by atoms with Crippen LogP contribution in [0.15, 0.2) is 41.3 Å². The number of anilines is 2. The number of carbonyl (C=O) groups excluding carboxylic acids is 2. The van der Waals surface area contributed by atoms with Crippen LogP contribution < -0.4 is 10.6 Å². The van der Waals surface area contributed by atoms with Gasteiger partial charge in [-0.1, -0.05) is 0 Å². The number of oxazole rings is 1. The summed E-state index contributed by atoms with van der Waals surface area (Å²) in [6.07, 6.45) is 2.52. The summed E-state index contributed by atoms with van der Waals surface area (Å²) in [6, 6.07) is 6.74. The van der Waals surface area contributed by atoms with Crippen molar-refractivity contribution >= 4 is 23.2 Å². The van der Waals surface area contributed by atoms with Crippen LogP contribution >= 0.6 is 0 Å². The van der Waals surface area contributed by atoms with Gasteiger partial charge in [-0.3, -0.25) is 9.59 Å². The molecule has 0 aliphatic carbocycles. The molecule has 0 unspecified atom stereocenters. The van der Waals surface area contributed by atoms with E-state index in [0.29, 0.717) is 11.4 Å². The maximum atomic E-state index is 11.6. The second-order valence-corrected chi connectivity index (χ2v) is 3.58. The number of carbonyl (C=O) groups is 2. The molecule has 6 heteroatoms. The van der Waals surface area contributed by atoms with Crippen LogP contribution in [0.25, 0.3) is 0 Å². The first-order valence-corrected chi connectivity index (χ1v) is 5.22. The molecule has 0 spiro atoms. The minimum absolute atomic E-state index is 0.140. The lowest BCUT2D eigenvalue weighted by molar-refractivity contribution is -0.114. The van der Waals surface area contributed by atoms with Gasteiger partial charge < -0.3 is 15.1 Å². The van der Waals surface area contributed by atoms with Crippen molar-refractivity contribution < 1.29 is 14.0 Å². The van der Waals surface area contributed by atoms with E-state index in [-0.39, 0.29) is 17.6 Å². The third-order valence-electron chi connectivity index (χ3n) is 2.12. The van der Waals surface area contributed by atoms with Crippen LogP contribution in [-0.4, -0.2) is 16.8 Å². The van der Waals surface area contributed by atoms with E-state index in [4.69, 9.17) is 4.42 Å². The Balaban J connectivity index is 2.02. The second-order valence-electron chi connectivity index (χ2n) is 3.58.